The molecule has 0 aliphatic rings. The fourth-order valence-electron chi connectivity index (χ4n) is 1.23. The summed E-state index contributed by atoms with van der Waals surface area (Å²) >= 11 is 5.46. The van der Waals surface area contributed by atoms with Crippen LogP contribution in [0.1, 0.15) is 5.56 Å². The standard InChI is InChI=1S/C12H11ClF3NO2/c1-2-5-19-11(18)7-17-8-3-4-10(13)9(6-8)12(14,15)16/h2-4,6,17H,1,5,7H2. The lowest BCUT2D eigenvalue weighted by atomic mass is 10.2. The van der Waals surface area contributed by atoms with Crippen molar-refractivity contribution in [2.45, 2.75) is 6.18 Å². The van der Waals surface area contributed by atoms with Crippen molar-refractivity contribution in [3.63, 3.8) is 0 Å². The molecule has 104 valence electrons. The number of ether oxygens (including phenoxy) is 1. The molecule has 0 amide bonds. The van der Waals surface area contributed by atoms with E-state index < -0.39 is 22.7 Å². The molecule has 1 aromatic carbocycles. The summed E-state index contributed by atoms with van der Waals surface area (Å²) in [5, 5.41) is 2.13. The number of hydrogen-bond acceptors (Lipinski definition) is 3. The van der Waals surface area contributed by atoms with E-state index in [1.54, 1.807) is 0 Å². The fourth-order valence-corrected chi connectivity index (χ4v) is 1.45. The van der Waals surface area contributed by atoms with E-state index in [0.29, 0.717) is 0 Å². The highest BCUT2D eigenvalue weighted by Crippen LogP contribution is 2.36. The van der Waals surface area contributed by atoms with Crippen LogP contribution in [-0.2, 0) is 15.7 Å². The summed E-state index contributed by atoms with van der Waals surface area (Å²) in [6.07, 6.45) is -3.15. The number of rotatable bonds is 5. The Hall–Kier alpha value is -1.69. The maximum atomic E-state index is 12.6. The first kappa shape index (κ1) is 15.4. The number of carbonyl (C=O) groups excluding carboxylic acids is 1. The minimum Gasteiger partial charge on any atom is -0.460 e. The quantitative estimate of drug-likeness (QED) is 0.667. The Bertz CT molecular complexity index is 475. The molecule has 0 radical (unpaired) electrons. The molecule has 3 nitrogen and oxygen atoms in total. The summed E-state index contributed by atoms with van der Waals surface area (Å²) < 4.78 is 42.4. The first-order valence-corrected chi connectivity index (χ1v) is 5.59. The largest absolute Gasteiger partial charge is 0.460 e. The smallest absolute Gasteiger partial charge is 0.417 e. The van der Waals surface area contributed by atoms with Crippen molar-refractivity contribution < 1.29 is 22.7 Å². The van der Waals surface area contributed by atoms with Crippen molar-refractivity contribution in [2.24, 2.45) is 0 Å². The van der Waals surface area contributed by atoms with E-state index >= 15 is 0 Å². The summed E-state index contributed by atoms with van der Waals surface area (Å²) in [6.45, 7) is 3.17. The summed E-state index contributed by atoms with van der Waals surface area (Å²) in [5.41, 5.74) is -0.828. The maximum absolute atomic E-state index is 12.6. The van der Waals surface area contributed by atoms with Crippen LogP contribution in [0.4, 0.5) is 18.9 Å². The normalized spacial score (nSPS) is 10.9. The summed E-state index contributed by atoms with van der Waals surface area (Å²) in [5.74, 6) is -0.594. The third kappa shape index (κ3) is 4.82. The van der Waals surface area contributed by atoms with Gasteiger partial charge in [-0.25, -0.2) is 0 Å². The highest BCUT2D eigenvalue weighted by atomic mass is 35.5. The van der Waals surface area contributed by atoms with Gasteiger partial charge in [-0.1, -0.05) is 24.3 Å². The lowest BCUT2D eigenvalue weighted by Crippen LogP contribution is -2.17. The van der Waals surface area contributed by atoms with Gasteiger partial charge in [0, 0.05) is 5.69 Å². The Balaban J connectivity index is 2.70. The molecular formula is C12H11ClF3NO2. The monoisotopic (exact) mass is 293 g/mol. The van der Waals surface area contributed by atoms with Crippen molar-refractivity contribution >= 4 is 23.3 Å². The van der Waals surface area contributed by atoms with Gasteiger partial charge in [-0.05, 0) is 18.2 Å². The van der Waals surface area contributed by atoms with Gasteiger partial charge in [0.1, 0.15) is 13.2 Å². The van der Waals surface area contributed by atoms with Crippen molar-refractivity contribution in [1.82, 2.24) is 0 Å². The second-order valence-corrected chi connectivity index (χ2v) is 3.92. The summed E-state index contributed by atoms with van der Waals surface area (Å²) in [6, 6.07) is 3.29. The van der Waals surface area contributed by atoms with Crippen molar-refractivity contribution in [1.29, 1.82) is 0 Å². The van der Waals surface area contributed by atoms with Crippen LogP contribution in [0, 0.1) is 0 Å². The number of carbonyl (C=O) groups is 1. The Labute approximate surface area is 113 Å². The van der Waals surface area contributed by atoms with Gasteiger partial charge < -0.3 is 10.1 Å². The highest BCUT2D eigenvalue weighted by Gasteiger charge is 2.33. The van der Waals surface area contributed by atoms with Crippen LogP contribution >= 0.6 is 11.6 Å². The molecule has 1 aromatic rings. The predicted octanol–water partition coefficient (Wildman–Crippen LogP) is 3.50. The SMILES string of the molecule is C=CCOC(=O)CNc1ccc(Cl)c(C(F)(F)F)c1. The second kappa shape index (κ2) is 6.47. The molecule has 19 heavy (non-hydrogen) atoms. The van der Waals surface area contributed by atoms with E-state index in [2.05, 4.69) is 16.6 Å². The minimum absolute atomic E-state index is 0.0505. The number of hydrogen-bond donors (Lipinski definition) is 1. The van der Waals surface area contributed by atoms with Crippen molar-refractivity contribution in [3.8, 4) is 0 Å². The van der Waals surface area contributed by atoms with Crippen molar-refractivity contribution in [3.05, 3.63) is 41.4 Å². The van der Waals surface area contributed by atoms with Gasteiger partial charge >= 0.3 is 12.1 Å². The fraction of sp³-hybridized carbons (Fsp3) is 0.250. The lowest BCUT2D eigenvalue weighted by Gasteiger charge is -2.12. The number of halogens is 4. The van der Waals surface area contributed by atoms with Gasteiger partial charge in [0.15, 0.2) is 0 Å². The molecule has 0 unspecified atom stereocenters. The highest BCUT2D eigenvalue weighted by molar-refractivity contribution is 6.31. The van der Waals surface area contributed by atoms with E-state index in [1.165, 1.54) is 12.1 Å². The van der Waals surface area contributed by atoms with Gasteiger partial charge in [-0.15, -0.1) is 0 Å². The van der Waals surface area contributed by atoms with Gasteiger partial charge in [-0.3, -0.25) is 4.79 Å². The molecule has 0 spiro atoms. The predicted molar refractivity (Wildman–Crippen MR) is 66.1 cm³/mol. The average Bonchev–Trinajstić information content (AvgIpc) is 2.34. The molecule has 0 aliphatic heterocycles. The molecule has 0 aliphatic carbocycles. The number of esters is 1. The Morgan fingerprint density at radius 1 is 1.47 bits per heavy atom. The summed E-state index contributed by atoms with van der Waals surface area (Å²) in [7, 11) is 0. The zero-order valence-corrected chi connectivity index (χ0v) is 10.5. The summed E-state index contributed by atoms with van der Waals surface area (Å²) in [4.78, 5) is 11.1. The molecule has 1 rings (SSSR count). The van der Waals surface area contributed by atoms with Crippen LogP contribution < -0.4 is 5.32 Å². The molecule has 0 saturated carbocycles. The van der Waals surface area contributed by atoms with Crippen LogP contribution in [0.15, 0.2) is 30.9 Å². The van der Waals surface area contributed by atoms with Crippen LogP contribution in [0.25, 0.3) is 0 Å². The molecule has 7 heteroatoms. The molecule has 0 heterocycles. The number of benzene rings is 1. The Morgan fingerprint density at radius 2 is 2.16 bits per heavy atom. The number of alkyl halides is 3. The molecule has 0 atom stereocenters. The Kier molecular flexibility index (Phi) is 5.23. The molecule has 0 bridgehead atoms. The van der Waals surface area contributed by atoms with Gasteiger partial charge in [-0.2, -0.15) is 13.2 Å². The van der Waals surface area contributed by atoms with E-state index in [-0.39, 0.29) is 18.8 Å². The third-order valence-corrected chi connectivity index (χ3v) is 2.40. The van der Waals surface area contributed by atoms with Crippen LogP contribution in [0.3, 0.4) is 0 Å². The molecule has 1 N–H and O–H groups in total. The van der Waals surface area contributed by atoms with Crippen LogP contribution in [0.5, 0.6) is 0 Å². The van der Waals surface area contributed by atoms with E-state index in [1.807, 2.05) is 0 Å². The van der Waals surface area contributed by atoms with E-state index in [9.17, 15) is 18.0 Å². The molecule has 0 saturated heterocycles. The average molecular weight is 294 g/mol. The first-order valence-electron chi connectivity index (χ1n) is 5.21. The first-order chi connectivity index (χ1) is 8.84. The Morgan fingerprint density at radius 3 is 2.74 bits per heavy atom. The van der Waals surface area contributed by atoms with Crippen molar-refractivity contribution in [2.75, 3.05) is 18.5 Å². The molecule has 0 fully saturated rings. The number of anilines is 1. The zero-order valence-electron chi connectivity index (χ0n) is 9.76. The topological polar surface area (TPSA) is 38.3 Å². The van der Waals surface area contributed by atoms with Gasteiger partial charge in [0.25, 0.3) is 0 Å². The second-order valence-electron chi connectivity index (χ2n) is 3.52. The molecule has 0 aromatic heterocycles. The third-order valence-electron chi connectivity index (χ3n) is 2.07. The van der Waals surface area contributed by atoms with E-state index in [4.69, 9.17) is 11.6 Å². The van der Waals surface area contributed by atoms with Gasteiger partial charge in [0.05, 0.1) is 10.6 Å². The van der Waals surface area contributed by atoms with E-state index in [0.717, 1.165) is 12.1 Å². The van der Waals surface area contributed by atoms with Crippen LogP contribution in [-0.4, -0.2) is 19.1 Å². The zero-order chi connectivity index (χ0) is 14.5. The van der Waals surface area contributed by atoms with Crippen LogP contribution in [0.2, 0.25) is 5.02 Å². The minimum atomic E-state index is -4.54. The lowest BCUT2D eigenvalue weighted by molar-refractivity contribution is -0.140. The number of nitrogens with one attached hydrogen (secondary N) is 1. The maximum Gasteiger partial charge on any atom is 0.417 e. The van der Waals surface area contributed by atoms with Gasteiger partial charge in [0.2, 0.25) is 0 Å². The molecular weight excluding hydrogens is 283 g/mol.